The fourth-order valence-corrected chi connectivity index (χ4v) is 2.67. The lowest BCUT2D eigenvalue weighted by Crippen LogP contribution is -1.98. The second-order valence-corrected chi connectivity index (χ2v) is 5.01. The molecule has 0 unspecified atom stereocenters. The van der Waals surface area contributed by atoms with Gasteiger partial charge in [-0.15, -0.1) is 0 Å². The van der Waals surface area contributed by atoms with Gasteiger partial charge >= 0.3 is 0 Å². The maximum atomic E-state index is 10.1. The van der Waals surface area contributed by atoms with Crippen molar-refractivity contribution >= 4 is 21.9 Å². The molecule has 0 aliphatic carbocycles. The van der Waals surface area contributed by atoms with Crippen molar-refractivity contribution < 1.29 is 5.11 Å². The van der Waals surface area contributed by atoms with Crippen LogP contribution in [0.25, 0.3) is 21.9 Å². The summed E-state index contributed by atoms with van der Waals surface area (Å²) in [6, 6.07) is 18.0. The summed E-state index contributed by atoms with van der Waals surface area (Å²) in [5.41, 5.74) is 3.43. The fraction of sp³-hybridized carbons (Fsp3) is 0.0588. The molecule has 2 heterocycles. The maximum Gasteiger partial charge on any atom is 0.240 e. The molecule has 4 rings (SSSR count). The van der Waals surface area contributed by atoms with Crippen molar-refractivity contribution in [2.75, 3.05) is 0 Å². The molecule has 1 N–H and O–H groups in total. The second-order valence-electron chi connectivity index (χ2n) is 5.01. The van der Waals surface area contributed by atoms with E-state index < -0.39 is 0 Å². The zero-order chi connectivity index (χ0) is 14.2. The van der Waals surface area contributed by atoms with Crippen LogP contribution in [0.4, 0.5) is 0 Å². The zero-order valence-corrected chi connectivity index (χ0v) is 11.3. The van der Waals surface area contributed by atoms with Crippen LogP contribution in [0.2, 0.25) is 0 Å². The summed E-state index contributed by atoms with van der Waals surface area (Å²) in [4.78, 5) is 8.52. The second kappa shape index (κ2) is 4.59. The Morgan fingerprint density at radius 1 is 0.952 bits per heavy atom. The van der Waals surface area contributed by atoms with E-state index in [0.717, 1.165) is 16.4 Å². The number of nitrogens with zero attached hydrogens (tertiary/aromatic N) is 3. The Balaban J connectivity index is 1.98. The Kier molecular flexibility index (Phi) is 2.60. The van der Waals surface area contributed by atoms with Crippen molar-refractivity contribution in [3.8, 4) is 5.88 Å². The number of rotatable bonds is 2. The van der Waals surface area contributed by atoms with E-state index in [0.29, 0.717) is 12.1 Å². The highest BCUT2D eigenvalue weighted by Gasteiger charge is 2.13. The van der Waals surface area contributed by atoms with Gasteiger partial charge < -0.3 is 9.67 Å². The molecule has 4 nitrogen and oxygen atoms in total. The van der Waals surface area contributed by atoms with Gasteiger partial charge in [0.1, 0.15) is 0 Å². The Labute approximate surface area is 121 Å². The van der Waals surface area contributed by atoms with E-state index in [1.54, 1.807) is 6.33 Å². The first-order valence-electron chi connectivity index (χ1n) is 6.79. The number of fused-ring (bicyclic) bond motifs is 3. The van der Waals surface area contributed by atoms with Crippen molar-refractivity contribution in [3.05, 3.63) is 66.5 Å². The van der Waals surface area contributed by atoms with Gasteiger partial charge in [0.05, 0.1) is 17.4 Å². The molecule has 0 fully saturated rings. The molecule has 0 spiro atoms. The molecule has 0 saturated heterocycles. The van der Waals surface area contributed by atoms with Gasteiger partial charge in [-0.1, -0.05) is 48.5 Å². The Hall–Kier alpha value is -2.88. The summed E-state index contributed by atoms with van der Waals surface area (Å²) in [6.07, 6.45) is 1.76. The van der Waals surface area contributed by atoms with Gasteiger partial charge in [0, 0.05) is 11.9 Å². The van der Waals surface area contributed by atoms with E-state index in [1.165, 1.54) is 5.56 Å². The average molecular weight is 275 g/mol. The average Bonchev–Trinajstić information content (AvgIpc) is 2.93. The number of hydrogen-bond acceptors (Lipinski definition) is 3. The van der Waals surface area contributed by atoms with E-state index in [2.05, 4.69) is 26.7 Å². The lowest BCUT2D eigenvalue weighted by atomic mass is 10.1. The highest BCUT2D eigenvalue weighted by Crippen LogP contribution is 2.29. The van der Waals surface area contributed by atoms with Gasteiger partial charge in [-0.25, -0.2) is 9.97 Å². The lowest BCUT2D eigenvalue weighted by molar-refractivity contribution is 0.461. The summed E-state index contributed by atoms with van der Waals surface area (Å²) in [6.45, 7) is 0.713. The molecule has 0 atom stereocenters. The Morgan fingerprint density at radius 2 is 1.71 bits per heavy atom. The third-order valence-electron chi connectivity index (χ3n) is 3.63. The number of hydrogen-bond donors (Lipinski definition) is 1. The molecule has 4 heteroatoms. The highest BCUT2D eigenvalue weighted by atomic mass is 16.3. The minimum Gasteiger partial charge on any atom is -0.492 e. The first kappa shape index (κ1) is 11.9. The third kappa shape index (κ3) is 1.92. The Morgan fingerprint density at radius 3 is 2.57 bits per heavy atom. The quantitative estimate of drug-likeness (QED) is 0.610. The van der Waals surface area contributed by atoms with Crippen LogP contribution >= 0.6 is 0 Å². The van der Waals surface area contributed by atoms with E-state index in [1.807, 2.05) is 42.5 Å². The minimum atomic E-state index is -0.0180. The number of pyridine rings is 1. The zero-order valence-electron chi connectivity index (χ0n) is 11.3. The topological polar surface area (TPSA) is 50.9 Å². The molecule has 4 aromatic rings. The monoisotopic (exact) mass is 275 g/mol. The highest BCUT2D eigenvalue weighted by molar-refractivity contribution is 6.04. The number of aromatic hydroxyl groups is 1. The van der Waals surface area contributed by atoms with E-state index in [-0.39, 0.29) is 5.88 Å². The normalized spacial score (nSPS) is 11.2. The van der Waals surface area contributed by atoms with Crippen molar-refractivity contribution in [2.45, 2.75) is 6.54 Å². The van der Waals surface area contributed by atoms with Crippen LogP contribution in [0, 0.1) is 0 Å². The SMILES string of the molecule is Oc1nc2ccccc2c2c1ncn2Cc1ccccc1. The summed E-state index contributed by atoms with van der Waals surface area (Å²) < 4.78 is 2.05. The molecule has 0 radical (unpaired) electrons. The summed E-state index contributed by atoms with van der Waals surface area (Å²) in [5, 5.41) is 11.1. The number of imidazole rings is 1. The van der Waals surface area contributed by atoms with Crippen LogP contribution in [-0.2, 0) is 6.54 Å². The molecule has 0 aliphatic rings. The van der Waals surface area contributed by atoms with Crippen molar-refractivity contribution in [3.63, 3.8) is 0 Å². The number of benzene rings is 2. The number of aromatic nitrogens is 3. The van der Waals surface area contributed by atoms with Crippen LogP contribution in [0.5, 0.6) is 5.88 Å². The van der Waals surface area contributed by atoms with Crippen molar-refractivity contribution in [2.24, 2.45) is 0 Å². The first-order valence-corrected chi connectivity index (χ1v) is 6.79. The molecule has 2 aromatic carbocycles. The molecule has 0 amide bonds. The van der Waals surface area contributed by atoms with Gasteiger partial charge in [-0.05, 0) is 11.6 Å². The smallest absolute Gasteiger partial charge is 0.240 e. The van der Waals surface area contributed by atoms with Crippen molar-refractivity contribution in [1.82, 2.24) is 14.5 Å². The molecule has 0 bridgehead atoms. The van der Waals surface area contributed by atoms with Gasteiger partial charge in [0.25, 0.3) is 0 Å². The predicted octanol–water partition coefficient (Wildman–Crippen LogP) is 3.34. The third-order valence-corrected chi connectivity index (χ3v) is 3.63. The maximum absolute atomic E-state index is 10.1. The van der Waals surface area contributed by atoms with Gasteiger partial charge in [-0.2, -0.15) is 0 Å². The molecule has 0 aliphatic heterocycles. The minimum absolute atomic E-state index is 0.0180. The molecule has 102 valence electrons. The first-order chi connectivity index (χ1) is 10.3. The van der Waals surface area contributed by atoms with Crippen LogP contribution in [0.3, 0.4) is 0 Å². The molecule has 21 heavy (non-hydrogen) atoms. The summed E-state index contributed by atoms with van der Waals surface area (Å²) in [7, 11) is 0. The Bertz CT molecular complexity index is 929. The number of para-hydroxylation sites is 1. The van der Waals surface area contributed by atoms with Crippen LogP contribution < -0.4 is 0 Å². The molecular weight excluding hydrogens is 262 g/mol. The van der Waals surface area contributed by atoms with E-state index >= 15 is 0 Å². The molecular formula is C17H13N3O. The van der Waals surface area contributed by atoms with Gasteiger partial charge in [0.15, 0.2) is 5.52 Å². The molecule has 0 saturated carbocycles. The summed E-state index contributed by atoms with van der Waals surface area (Å²) in [5.74, 6) is -0.0180. The standard InChI is InChI=1S/C17H13N3O/c21-17-15-16(13-8-4-5-9-14(13)19-17)20(11-18-15)10-12-6-2-1-3-7-12/h1-9,11H,10H2,(H,19,21). The van der Waals surface area contributed by atoms with Crippen LogP contribution in [0.15, 0.2) is 60.9 Å². The summed E-state index contributed by atoms with van der Waals surface area (Å²) >= 11 is 0. The van der Waals surface area contributed by atoms with Crippen LogP contribution in [-0.4, -0.2) is 19.6 Å². The lowest BCUT2D eigenvalue weighted by Gasteiger charge is -2.07. The van der Waals surface area contributed by atoms with Gasteiger partial charge in [0.2, 0.25) is 5.88 Å². The largest absolute Gasteiger partial charge is 0.492 e. The van der Waals surface area contributed by atoms with E-state index in [4.69, 9.17) is 0 Å². The molecule has 2 aromatic heterocycles. The van der Waals surface area contributed by atoms with Gasteiger partial charge in [-0.3, -0.25) is 0 Å². The van der Waals surface area contributed by atoms with E-state index in [9.17, 15) is 5.11 Å². The fourth-order valence-electron chi connectivity index (χ4n) is 2.67. The van der Waals surface area contributed by atoms with Crippen molar-refractivity contribution in [1.29, 1.82) is 0 Å². The predicted molar refractivity (Wildman–Crippen MR) is 82.2 cm³/mol. The van der Waals surface area contributed by atoms with Crippen LogP contribution in [0.1, 0.15) is 5.56 Å².